The number of aliphatic hydroxyl groups is 1. The largest absolute Gasteiger partial charge is 0.444 e. The molecule has 0 radical (unpaired) electrons. The van der Waals surface area contributed by atoms with Crippen LogP contribution in [0.5, 0.6) is 5.75 Å². The Morgan fingerprint density at radius 2 is 1.81 bits per heavy atom. The number of rotatable bonds is 7. The number of carbonyl (C=O) groups is 1. The molecule has 0 spiro atoms. The molecule has 2 rings (SSSR count). The number of aliphatic hydroxyl groups excluding tert-OH is 1. The van der Waals surface area contributed by atoms with Crippen LogP contribution in [-0.4, -0.2) is 48.6 Å². The van der Waals surface area contributed by atoms with Crippen LogP contribution in [-0.2, 0) is 14.9 Å². The van der Waals surface area contributed by atoms with Gasteiger partial charge in [-0.25, -0.2) is 4.79 Å². The van der Waals surface area contributed by atoms with Crippen molar-refractivity contribution in [2.24, 2.45) is 0 Å². The molecule has 0 aliphatic heterocycles. The van der Waals surface area contributed by atoms with E-state index in [2.05, 4.69) is 0 Å². The molecule has 0 heterocycles. The lowest BCUT2D eigenvalue weighted by Gasteiger charge is -2.26. The van der Waals surface area contributed by atoms with Gasteiger partial charge in [-0.1, -0.05) is 23.7 Å². The smallest absolute Gasteiger partial charge is 0.410 e. The van der Waals surface area contributed by atoms with E-state index in [1.165, 1.54) is 36.2 Å². The van der Waals surface area contributed by atoms with Crippen LogP contribution in [0.25, 0.3) is 0 Å². The van der Waals surface area contributed by atoms with Gasteiger partial charge in [0, 0.05) is 13.1 Å². The minimum Gasteiger partial charge on any atom is -0.444 e. The third-order valence-electron chi connectivity index (χ3n) is 4.03. The Bertz CT molecular complexity index is 1100. The van der Waals surface area contributed by atoms with Crippen molar-refractivity contribution in [1.82, 2.24) is 4.90 Å². The molecule has 10 nitrogen and oxygen atoms in total. The SMILES string of the molecule is CN(CC(O)c1ccc(OS(=O)(=O)c2ccc(Cl)c([N+](=O)[O-])c2)cc1)C(=O)OC(C)(C)C. The average Bonchev–Trinajstić information content (AvgIpc) is 2.66. The van der Waals surface area contributed by atoms with Gasteiger partial charge in [0.05, 0.1) is 17.6 Å². The van der Waals surface area contributed by atoms with Crippen LogP contribution in [0.4, 0.5) is 10.5 Å². The van der Waals surface area contributed by atoms with E-state index in [1.807, 2.05) is 0 Å². The van der Waals surface area contributed by atoms with Gasteiger partial charge < -0.3 is 18.9 Å². The summed E-state index contributed by atoms with van der Waals surface area (Å²) in [5.74, 6) is -0.0703. The van der Waals surface area contributed by atoms with Gasteiger partial charge in [0.1, 0.15) is 21.3 Å². The first kappa shape index (κ1) is 25.4. The van der Waals surface area contributed by atoms with Crippen molar-refractivity contribution < 1.29 is 32.2 Å². The maximum absolute atomic E-state index is 12.4. The summed E-state index contributed by atoms with van der Waals surface area (Å²) in [5.41, 5.74) is -0.832. The third-order valence-corrected chi connectivity index (χ3v) is 5.59. The van der Waals surface area contributed by atoms with Gasteiger partial charge in [-0.15, -0.1) is 0 Å². The molecule has 174 valence electrons. The number of carbonyl (C=O) groups excluding carboxylic acids is 1. The van der Waals surface area contributed by atoms with Crippen molar-refractivity contribution in [3.05, 3.63) is 63.2 Å². The number of benzene rings is 2. The van der Waals surface area contributed by atoms with E-state index < -0.39 is 43.4 Å². The lowest BCUT2D eigenvalue weighted by atomic mass is 10.1. The zero-order chi connectivity index (χ0) is 24.3. The first-order valence-corrected chi connectivity index (χ1v) is 11.1. The standard InChI is InChI=1S/C20H23ClN2O8S/c1-20(2,3)30-19(25)22(4)12-18(24)13-5-7-14(8-6-13)31-32(28,29)15-9-10-16(21)17(11-15)23(26)27/h5-11,18,24H,12H2,1-4H3. The molecule has 32 heavy (non-hydrogen) atoms. The molecule has 0 saturated heterocycles. The average molecular weight is 487 g/mol. The van der Waals surface area contributed by atoms with Crippen molar-refractivity contribution in [2.75, 3.05) is 13.6 Å². The quantitative estimate of drug-likeness (QED) is 0.353. The van der Waals surface area contributed by atoms with Gasteiger partial charge in [0.15, 0.2) is 0 Å². The van der Waals surface area contributed by atoms with Gasteiger partial charge in [0.25, 0.3) is 5.69 Å². The molecule has 0 aromatic heterocycles. The number of amides is 1. The minimum absolute atomic E-state index is 0.0537. The predicted molar refractivity (Wildman–Crippen MR) is 116 cm³/mol. The Balaban J connectivity index is 2.10. The molecule has 1 unspecified atom stereocenters. The summed E-state index contributed by atoms with van der Waals surface area (Å²) in [5, 5.41) is 21.1. The molecular weight excluding hydrogens is 464 g/mol. The van der Waals surface area contributed by atoms with E-state index in [0.29, 0.717) is 5.56 Å². The fourth-order valence-corrected chi connectivity index (χ4v) is 3.63. The minimum atomic E-state index is -4.36. The molecule has 1 amide bonds. The molecule has 0 fully saturated rings. The van der Waals surface area contributed by atoms with Crippen LogP contribution in [0.15, 0.2) is 47.4 Å². The molecule has 0 aliphatic rings. The lowest BCUT2D eigenvalue weighted by Crippen LogP contribution is -2.36. The van der Waals surface area contributed by atoms with Gasteiger partial charge in [0.2, 0.25) is 0 Å². The van der Waals surface area contributed by atoms with Crippen LogP contribution < -0.4 is 4.18 Å². The van der Waals surface area contributed by atoms with Gasteiger partial charge >= 0.3 is 16.2 Å². The first-order valence-electron chi connectivity index (χ1n) is 9.30. The number of nitrogens with zero attached hydrogens (tertiary/aromatic N) is 2. The normalized spacial score (nSPS) is 12.7. The van der Waals surface area contributed by atoms with Gasteiger partial charge in [-0.2, -0.15) is 8.42 Å². The van der Waals surface area contributed by atoms with Crippen molar-refractivity contribution in [1.29, 1.82) is 0 Å². The first-order chi connectivity index (χ1) is 14.7. The van der Waals surface area contributed by atoms with E-state index in [9.17, 15) is 28.4 Å². The zero-order valence-electron chi connectivity index (χ0n) is 17.8. The molecule has 0 bridgehead atoms. The summed E-state index contributed by atoms with van der Waals surface area (Å²) in [6, 6.07) is 8.49. The predicted octanol–water partition coefficient (Wildman–Crippen LogP) is 3.92. The van der Waals surface area contributed by atoms with E-state index in [4.69, 9.17) is 20.5 Å². The number of hydrogen-bond acceptors (Lipinski definition) is 8. The van der Waals surface area contributed by atoms with Crippen LogP contribution in [0, 0.1) is 10.1 Å². The molecule has 2 aromatic carbocycles. The molecule has 0 aliphatic carbocycles. The van der Waals surface area contributed by atoms with Gasteiger partial charge in [-0.3, -0.25) is 10.1 Å². The highest BCUT2D eigenvalue weighted by Gasteiger charge is 2.24. The molecule has 1 atom stereocenters. The molecular formula is C20H23ClN2O8S. The van der Waals surface area contributed by atoms with Crippen molar-refractivity contribution in [2.45, 2.75) is 37.4 Å². The van der Waals surface area contributed by atoms with Crippen molar-refractivity contribution >= 4 is 33.5 Å². The number of nitro groups is 1. The summed E-state index contributed by atoms with van der Waals surface area (Å²) in [6.45, 7) is 5.13. The Kier molecular flexibility index (Phi) is 7.70. The number of hydrogen-bond donors (Lipinski definition) is 1. The van der Waals surface area contributed by atoms with Crippen LogP contribution in [0.1, 0.15) is 32.4 Å². The monoisotopic (exact) mass is 486 g/mol. The third kappa shape index (κ3) is 6.81. The molecule has 12 heteroatoms. The fraction of sp³-hybridized carbons (Fsp3) is 0.350. The molecule has 2 aromatic rings. The van der Waals surface area contributed by atoms with E-state index in [-0.39, 0.29) is 17.3 Å². The number of nitro benzene ring substituents is 1. The second-order valence-electron chi connectivity index (χ2n) is 7.85. The highest BCUT2D eigenvalue weighted by Crippen LogP contribution is 2.29. The Morgan fingerprint density at radius 1 is 1.22 bits per heavy atom. The van der Waals surface area contributed by atoms with E-state index >= 15 is 0 Å². The second kappa shape index (κ2) is 9.72. The Labute approximate surface area is 190 Å². The van der Waals surface area contributed by atoms with Crippen LogP contribution >= 0.6 is 11.6 Å². The van der Waals surface area contributed by atoms with Crippen molar-refractivity contribution in [3.8, 4) is 5.75 Å². The Hall–Kier alpha value is -2.89. The lowest BCUT2D eigenvalue weighted by molar-refractivity contribution is -0.384. The number of halogens is 1. The van der Waals surface area contributed by atoms with E-state index in [0.717, 1.165) is 18.2 Å². The highest BCUT2D eigenvalue weighted by molar-refractivity contribution is 7.87. The second-order valence-corrected chi connectivity index (χ2v) is 9.81. The zero-order valence-corrected chi connectivity index (χ0v) is 19.4. The van der Waals surface area contributed by atoms with Crippen LogP contribution in [0.2, 0.25) is 5.02 Å². The summed E-state index contributed by atoms with van der Waals surface area (Å²) in [7, 11) is -2.88. The Morgan fingerprint density at radius 3 is 2.34 bits per heavy atom. The number of likely N-dealkylation sites (N-methyl/N-ethyl adjacent to an activating group) is 1. The summed E-state index contributed by atoms with van der Waals surface area (Å²) in [6.07, 6.45) is -1.66. The van der Waals surface area contributed by atoms with E-state index in [1.54, 1.807) is 20.8 Å². The summed E-state index contributed by atoms with van der Waals surface area (Å²) >= 11 is 5.70. The topological polar surface area (TPSA) is 136 Å². The summed E-state index contributed by atoms with van der Waals surface area (Å²) in [4.78, 5) is 23.0. The fourth-order valence-electron chi connectivity index (χ4n) is 2.49. The maximum Gasteiger partial charge on any atom is 0.410 e. The molecule has 1 N–H and O–H groups in total. The highest BCUT2D eigenvalue weighted by atomic mass is 35.5. The van der Waals surface area contributed by atoms with Crippen LogP contribution in [0.3, 0.4) is 0 Å². The van der Waals surface area contributed by atoms with Crippen molar-refractivity contribution in [3.63, 3.8) is 0 Å². The van der Waals surface area contributed by atoms with Gasteiger partial charge in [-0.05, 0) is 50.6 Å². The number of ether oxygens (including phenoxy) is 1. The molecule has 0 saturated carbocycles. The summed E-state index contributed by atoms with van der Waals surface area (Å²) < 4.78 is 35.1. The maximum atomic E-state index is 12.4.